The highest BCUT2D eigenvalue weighted by Crippen LogP contribution is 2.57. The number of amides is 1. The Morgan fingerprint density at radius 3 is 2.23 bits per heavy atom. The molecule has 5 fully saturated rings. The highest BCUT2D eigenvalue weighted by atomic mass is 35.5. The van der Waals surface area contributed by atoms with E-state index in [9.17, 15) is 13.6 Å². The lowest BCUT2D eigenvalue weighted by molar-refractivity contribution is -0.116. The minimum absolute atomic E-state index is 0. The molecule has 4 aliphatic carbocycles. The van der Waals surface area contributed by atoms with Crippen LogP contribution in [0.25, 0.3) is 0 Å². The summed E-state index contributed by atoms with van der Waals surface area (Å²) in [4.78, 5) is 20.8. The van der Waals surface area contributed by atoms with Crippen LogP contribution in [0.1, 0.15) is 75.8 Å². The minimum Gasteiger partial charge on any atom is -0.347 e. The summed E-state index contributed by atoms with van der Waals surface area (Å²) in [6.07, 6.45) is 10.5. The van der Waals surface area contributed by atoms with Crippen molar-refractivity contribution in [3.05, 3.63) is 29.3 Å². The average molecular weight is 526 g/mol. The first-order chi connectivity index (χ1) is 16.5. The molecular formula is C27H38ClF2N3OS. The molecule has 1 N–H and O–H groups in total. The summed E-state index contributed by atoms with van der Waals surface area (Å²) in [5, 5.41) is 4.03. The van der Waals surface area contributed by atoms with E-state index in [0.29, 0.717) is 23.2 Å². The summed E-state index contributed by atoms with van der Waals surface area (Å²) in [6.45, 7) is 1.77. The van der Waals surface area contributed by atoms with Crippen molar-refractivity contribution in [3.63, 3.8) is 0 Å². The van der Waals surface area contributed by atoms with Gasteiger partial charge >= 0.3 is 0 Å². The number of unbranched alkanes of at least 4 members (excludes halogenated alkanes) is 1. The van der Waals surface area contributed by atoms with Crippen molar-refractivity contribution in [1.82, 2.24) is 4.90 Å². The third-order valence-electron chi connectivity index (χ3n) is 8.25. The highest BCUT2D eigenvalue weighted by molar-refractivity contribution is 8.14. The molecule has 1 aliphatic heterocycles. The van der Waals surface area contributed by atoms with Crippen molar-refractivity contribution in [2.75, 3.05) is 17.6 Å². The largest absolute Gasteiger partial charge is 0.347 e. The van der Waals surface area contributed by atoms with E-state index in [0.717, 1.165) is 48.1 Å². The molecule has 1 amide bonds. The molecule has 1 atom stereocenters. The van der Waals surface area contributed by atoms with Gasteiger partial charge in [0.05, 0.1) is 5.54 Å². The molecule has 4 saturated carbocycles. The van der Waals surface area contributed by atoms with Gasteiger partial charge in [-0.15, -0.1) is 12.4 Å². The Kier molecular flexibility index (Phi) is 8.68. The minimum atomic E-state index is -0.676. The number of alkyl halides is 2. The number of thioether (sulfide) groups is 1. The maximum atomic E-state index is 13.1. The number of hydrogen-bond donors (Lipinski definition) is 1. The molecule has 194 valence electrons. The number of carbonyl (C=O) groups is 1. The molecule has 0 aromatic heterocycles. The topological polar surface area (TPSA) is 44.7 Å². The SMILES string of the molecule is CCCCN1/C(=N/C23CC4CC(CC(C4)C2)C3)SCC1CC(=O)Nc1cc(CF)cc(CF)c1.Cl. The molecule has 35 heavy (non-hydrogen) atoms. The Hall–Kier alpha value is -1.34. The zero-order valence-corrected chi connectivity index (χ0v) is 22.2. The van der Waals surface area contributed by atoms with E-state index in [4.69, 9.17) is 4.99 Å². The molecule has 1 aromatic rings. The Bertz CT molecular complexity index is 885. The molecule has 5 aliphatic rings. The lowest BCUT2D eigenvalue weighted by atomic mass is 9.53. The van der Waals surface area contributed by atoms with Crippen LogP contribution in [0.2, 0.25) is 0 Å². The van der Waals surface area contributed by atoms with Crippen molar-refractivity contribution in [3.8, 4) is 0 Å². The predicted molar refractivity (Wildman–Crippen MR) is 143 cm³/mol. The molecule has 1 heterocycles. The van der Waals surface area contributed by atoms with Crippen LogP contribution in [0.4, 0.5) is 14.5 Å². The van der Waals surface area contributed by atoms with Gasteiger partial charge in [-0.25, -0.2) is 8.78 Å². The molecule has 6 rings (SSSR count). The fourth-order valence-electron chi connectivity index (χ4n) is 7.19. The van der Waals surface area contributed by atoms with Crippen molar-refractivity contribution in [1.29, 1.82) is 0 Å². The van der Waals surface area contributed by atoms with Gasteiger partial charge in [-0.1, -0.05) is 31.2 Å². The Morgan fingerprint density at radius 1 is 1.09 bits per heavy atom. The zero-order chi connectivity index (χ0) is 23.7. The van der Waals surface area contributed by atoms with Gasteiger partial charge in [0.1, 0.15) is 13.3 Å². The van der Waals surface area contributed by atoms with Gasteiger partial charge in [0.2, 0.25) is 5.91 Å². The summed E-state index contributed by atoms with van der Waals surface area (Å²) in [6, 6.07) is 4.79. The normalized spacial score (nSPS) is 32.2. The van der Waals surface area contributed by atoms with Crippen molar-refractivity contribution in [2.24, 2.45) is 22.7 Å². The monoisotopic (exact) mass is 525 g/mol. The Morgan fingerprint density at radius 2 is 1.69 bits per heavy atom. The van der Waals surface area contributed by atoms with E-state index >= 15 is 0 Å². The number of rotatable bonds is 9. The quantitative estimate of drug-likeness (QED) is 0.380. The van der Waals surface area contributed by atoms with E-state index in [1.807, 2.05) is 11.8 Å². The van der Waals surface area contributed by atoms with E-state index < -0.39 is 13.3 Å². The van der Waals surface area contributed by atoms with Crippen LogP contribution in [0.3, 0.4) is 0 Å². The molecule has 4 bridgehead atoms. The van der Waals surface area contributed by atoms with Gasteiger partial charge in [-0.05, 0) is 86.0 Å². The molecule has 1 saturated heterocycles. The number of hydrogen-bond acceptors (Lipinski definition) is 3. The first-order valence-electron chi connectivity index (χ1n) is 13.0. The number of halogens is 3. The van der Waals surface area contributed by atoms with Gasteiger partial charge < -0.3 is 10.2 Å². The van der Waals surface area contributed by atoms with E-state index in [2.05, 4.69) is 17.1 Å². The third kappa shape index (κ3) is 5.98. The summed E-state index contributed by atoms with van der Waals surface area (Å²) >= 11 is 1.82. The summed E-state index contributed by atoms with van der Waals surface area (Å²) in [5.41, 5.74) is 1.38. The third-order valence-corrected chi connectivity index (χ3v) is 9.38. The van der Waals surface area contributed by atoms with Crippen LogP contribution < -0.4 is 5.32 Å². The number of benzene rings is 1. The Labute approximate surface area is 218 Å². The maximum Gasteiger partial charge on any atom is 0.226 e. The molecular weight excluding hydrogens is 488 g/mol. The fourth-order valence-corrected chi connectivity index (χ4v) is 8.50. The number of anilines is 1. The van der Waals surface area contributed by atoms with Gasteiger partial charge in [0, 0.05) is 30.4 Å². The summed E-state index contributed by atoms with van der Waals surface area (Å²) < 4.78 is 26.3. The molecule has 1 aromatic carbocycles. The second-order valence-electron chi connectivity index (χ2n) is 11.1. The summed E-state index contributed by atoms with van der Waals surface area (Å²) in [5.74, 6) is 3.35. The van der Waals surface area contributed by atoms with Crippen LogP contribution in [0.15, 0.2) is 23.2 Å². The molecule has 8 heteroatoms. The molecule has 1 unspecified atom stereocenters. The number of carbonyl (C=O) groups excluding carboxylic acids is 1. The van der Waals surface area contributed by atoms with Crippen LogP contribution in [0, 0.1) is 17.8 Å². The van der Waals surface area contributed by atoms with Gasteiger partial charge in [0.15, 0.2) is 5.17 Å². The summed E-state index contributed by atoms with van der Waals surface area (Å²) in [7, 11) is 0. The second kappa shape index (κ2) is 11.4. The smallest absolute Gasteiger partial charge is 0.226 e. The average Bonchev–Trinajstić information content (AvgIpc) is 3.16. The lowest BCUT2D eigenvalue weighted by Gasteiger charge is -2.55. The van der Waals surface area contributed by atoms with Crippen molar-refractivity contribution >= 4 is 40.9 Å². The highest BCUT2D eigenvalue weighted by Gasteiger charge is 2.51. The Balaban J connectivity index is 0.00000289. The number of nitrogens with zero attached hydrogens (tertiary/aromatic N) is 2. The maximum absolute atomic E-state index is 13.1. The van der Waals surface area contributed by atoms with Gasteiger partial charge in [0.25, 0.3) is 0 Å². The first-order valence-corrected chi connectivity index (χ1v) is 14.0. The van der Waals surface area contributed by atoms with Crippen molar-refractivity contribution < 1.29 is 13.6 Å². The standard InChI is InChI=1S/C27H37F2N3OS.ClH/c1-2-3-4-32-24(11-25(33)30-23-9-21(15-28)8-22(10-23)16-29)17-34-26(32)31-27-12-18-5-19(13-27)7-20(6-18)14-27;/h8-10,18-20,24H,2-7,11-17H2,1H3,(H,30,33);1H/b31-26-;. The molecule has 0 radical (unpaired) electrons. The van der Waals surface area contributed by atoms with Gasteiger partial charge in [-0.2, -0.15) is 0 Å². The van der Waals surface area contributed by atoms with Gasteiger partial charge in [-0.3, -0.25) is 9.79 Å². The first kappa shape index (κ1) is 26.7. The lowest BCUT2D eigenvalue weighted by Crippen LogP contribution is -2.50. The molecule has 4 nitrogen and oxygen atoms in total. The van der Waals surface area contributed by atoms with Crippen LogP contribution in [0.5, 0.6) is 0 Å². The van der Waals surface area contributed by atoms with Crippen LogP contribution >= 0.6 is 24.2 Å². The van der Waals surface area contributed by atoms with E-state index in [1.54, 1.807) is 12.1 Å². The van der Waals surface area contributed by atoms with Crippen LogP contribution in [-0.2, 0) is 18.1 Å². The number of aliphatic imine (C=N–C) groups is 1. The number of amidine groups is 1. The number of nitrogens with one attached hydrogen (secondary N) is 1. The van der Waals surface area contributed by atoms with E-state index in [-0.39, 0.29) is 29.9 Å². The van der Waals surface area contributed by atoms with Crippen molar-refractivity contribution in [2.45, 2.75) is 89.6 Å². The molecule has 0 spiro atoms. The predicted octanol–water partition coefficient (Wildman–Crippen LogP) is 6.92. The second-order valence-corrected chi connectivity index (χ2v) is 12.1. The fraction of sp³-hybridized carbons (Fsp3) is 0.704. The van der Waals surface area contributed by atoms with E-state index in [1.165, 1.54) is 44.6 Å². The van der Waals surface area contributed by atoms with Crippen LogP contribution in [-0.4, -0.2) is 39.9 Å². The zero-order valence-electron chi connectivity index (χ0n) is 20.6.